The largest absolute Gasteiger partial charge is 0.367 e. The fourth-order valence-corrected chi connectivity index (χ4v) is 4.13. The van der Waals surface area contributed by atoms with Gasteiger partial charge in [0.05, 0.1) is 11.2 Å². The molecule has 0 aliphatic heterocycles. The van der Waals surface area contributed by atoms with E-state index in [0.717, 1.165) is 48.3 Å². The maximum atomic E-state index is 6.01. The molecule has 0 unspecified atom stereocenters. The molecule has 142 valence electrons. The zero-order valence-corrected chi connectivity index (χ0v) is 16.3. The van der Waals surface area contributed by atoms with E-state index in [1.54, 1.807) is 6.33 Å². The minimum atomic E-state index is 0.352. The number of anilines is 1. The molecule has 0 amide bonds. The summed E-state index contributed by atoms with van der Waals surface area (Å²) in [5.41, 5.74) is 10.3. The molecule has 6 heteroatoms. The standard InChI is InChI=1S/C21H28N6/c1-13(2)21-17-10-14(4-9-18(17)26-27(21)3)19-11-20(24-12-23-19)25-16-7-5-15(22)6-8-16/h4,9-13,15-16H,5-8,22H2,1-3H3,(H,23,24,25)/t15-,16-. The molecular formula is C21H28N6. The quantitative estimate of drug-likeness (QED) is 0.735. The summed E-state index contributed by atoms with van der Waals surface area (Å²) in [5, 5.41) is 9.38. The highest BCUT2D eigenvalue weighted by Gasteiger charge is 2.19. The van der Waals surface area contributed by atoms with Gasteiger partial charge < -0.3 is 11.1 Å². The van der Waals surface area contributed by atoms with Gasteiger partial charge in [-0.15, -0.1) is 0 Å². The number of nitrogens with two attached hydrogens (primary N) is 1. The number of hydrogen-bond acceptors (Lipinski definition) is 5. The Morgan fingerprint density at radius 2 is 1.89 bits per heavy atom. The van der Waals surface area contributed by atoms with Crippen molar-refractivity contribution >= 4 is 16.7 Å². The van der Waals surface area contributed by atoms with Gasteiger partial charge in [-0.1, -0.05) is 19.9 Å². The molecule has 2 heterocycles. The molecule has 0 radical (unpaired) electrons. The van der Waals surface area contributed by atoms with E-state index < -0.39 is 0 Å². The van der Waals surface area contributed by atoms with Gasteiger partial charge in [0, 0.05) is 41.8 Å². The van der Waals surface area contributed by atoms with Crippen molar-refractivity contribution in [1.29, 1.82) is 0 Å². The van der Waals surface area contributed by atoms with Gasteiger partial charge in [0.15, 0.2) is 0 Å². The molecular weight excluding hydrogens is 336 g/mol. The summed E-state index contributed by atoms with van der Waals surface area (Å²) in [7, 11) is 2.01. The minimum absolute atomic E-state index is 0.352. The predicted molar refractivity (Wildman–Crippen MR) is 110 cm³/mol. The average molecular weight is 364 g/mol. The molecule has 4 rings (SSSR count). The molecule has 3 aromatic rings. The molecule has 0 saturated heterocycles. The van der Waals surface area contributed by atoms with E-state index in [1.165, 1.54) is 11.1 Å². The number of hydrogen-bond donors (Lipinski definition) is 2. The molecule has 3 N–H and O–H groups in total. The third-order valence-corrected chi connectivity index (χ3v) is 5.51. The second kappa shape index (κ2) is 7.27. The topological polar surface area (TPSA) is 81.7 Å². The zero-order valence-electron chi connectivity index (χ0n) is 16.3. The first-order valence-corrected chi connectivity index (χ1v) is 9.82. The van der Waals surface area contributed by atoms with Gasteiger partial charge in [0.25, 0.3) is 0 Å². The van der Waals surface area contributed by atoms with E-state index in [-0.39, 0.29) is 0 Å². The second-order valence-electron chi connectivity index (χ2n) is 7.94. The fraction of sp³-hybridized carbons (Fsp3) is 0.476. The molecule has 27 heavy (non-hydrogen) atoms. The van der Waals surface area contributed by atoms with Crippen LogP contribution in [0.25, 0.3) is 22.2 Å². The Kier molecular flexibility index (Phi) is 4.83. The Balaban J connectivity index is 1.62. The number of nitrogens with zero attached hydrogens (tertiary/aromatic N) is 4. The Morgan fingerprint density at radius 3 is 2.63 bits per heavy atom. The van der Waals surface area contributed by atoms with E-state index in [0.29, 0.717) is 18.0 Å². The van der Waals surface area contributed by atoms with Crippen molar-refractivity contribution < 1.29 is 0 Å². The third-order valence-electron chi connectivity index (χ3n) is 5.51. The van der Waals surface area contributed by atoms with Crippen molar-refractivity contribution in [1.82, 2.24) is 19.7 Å². The van der Waals surface area contributed by atoms with E-state index >= 15 is 0 Å². The highest BCUT2D eigenvalue weighted by atomic mass is 15.3. The van der Waals surface area contributed by atoms with Crippen LogP contribution in [-0.2, 0) is 7.05 Å². The lowest BCUT2D eigenvalue weighted by Crippen LogP contribution is -2.33. The molecule has 1 aromatic carbocycles. The smallest absolute Gasteiger partial charge is 0.130 e. The number of rotatable bonds is 4. The lowest BCUT2D eigenvalue weighted by Gasteiger charge is -2.27. The third kappa shape index (κ3) is 3.67. The van der Waals surface area contributed by atoms with E-state index in [9.17, 15) is 0 Å². The van der Waals surface area contributed by atoms with Crippen LogP contribution >= 0.6 is 0 Å². The summed E-state index contributed by atoms with van der Waals surface area (Å²) in [6.07, 6.45) is 5.99. The number of benzene rings is 1. The monoisotopic (exact) mass is 364 g/mol. The van der Waals surface area contributed by atoms with Crippen molar-refractivity contribution in [3.63, 3.8) is 0 Å². The maximum Gasteiger partial charge on any atom is 0.130 e. The van der Waals surface area contributed by atoms with Crippen LogP contribution in [0.4, 0.5) is 5.82 Å². The van der Waals surface area contributed by atoms with Crippen LogP contribution in [0.15, 0.2) is 30.6 Å². The van der Waals surface area contributed by atoms with Crippen molar-refractivity contribution in [2.24, 2.45) is 12.8 Å². The summed E-state index contributed by atoms with van der Waals surface area (Å²) in [6.45, 7) is 4.40. The summed E-state index contributed by atoms with van der Waals surface area (Å²) in [6, 6.07) is 9.20. The molecule has 0 bridgehead atoms. The summed E-state index contributed by atoms with van der Waals surface area (Å²) in [5.74, 6) is 1.30. The van der Waals surface area contributed by atoms with Crippen molar-refractivity contribution in [2.75, 3.05) is 5.32 Å². The molecule has 0 spiro atoms. The predicted octanol–water partition coefficient (Wildman–Crippen LogP) is 3.84. The number of aromatic nitrogens is 4. The molecule has 1 fully saturated rings. The number of aryl methyl sites for hydroxylation is 1. The van der Waals surface area contributed by atoms with Crippen LogP contribution in [0, 0.1) is 0 Å². The Bertz CT molecular complexity index is 937. The van der Waals surface area contributed by atoms with Crippen LogP contribution < -0.4 is 11.1 Å². The number of fused-ring (bicyclic) bond motifs is 1. The lowest BCUT2D eigenvalue weighted by molar-refractivity contribution is 0.410. The van der Waals surface area contributed by atoms with Crippen LogP contribution in [-0.4, -0.2) is 31.8 Å². The normalized spacial score (nSPS) is 20.3. The lowest BCUT2D eigenvalue weighted by atomic mass is 9.92. The molecule has 1 saturated carbocycles. The first-order valence-electron chi connectivity index (χ1n) is 9.82. The summed E-state index contributed by atoms with van der Waals surface area (Å²) >= 11 is 0. The van der Waals surface area contributed by atoms with Crippen LogP contribution in [0.5, 0.6) is 0 Å². The SMILES string of the molecule is CC(C)c1c2cc(-c3cc(N[C@H]4CC[C@H](N)CC4)ncn3)ccc2nn1C. The van der Waals surface area contributed by atoms with Gasteiger partial charge in [-0.3, -0.25) is 4.68 Å². The summed E-state index contributed by atoms with van der Waals surface area (Å²) in [4.78, 5) is 8.92. The molecule has 1 aliphatic rings. The van der Waals surface area contributed by atoms with E-state index in [1.807, 2.05) is 17.8 Å². The van der Waals surface area contributed by atoms with Gasteiger partial charge >= 0.3 is 0 Å². The van der Waals surface area contributed by atoms with Gasteiger partial charge in [-0.25, -0.2) is 9.97 Å². The van der Waals surface area contributed by atoms with Gasteiger partial charge in [-0.2, -0.15) is 5.10 Å². The van der Waals surface area contributed by atoms with Gasteiger partial charge in [0.2, 0.25) is 0 Å². The van der Waals surface area contributed by atoms with Crippen LogP contribution in [0.2, 0.25) is 0 Å². The first kappa shape index (κ1) is 17.9. The number of nitrogens with one attached hydrogen (secondary N) is 1. The highest BCUT2D eigenvalue weighted by Crippen LogP contribution is 2.29. The van der Waals surface area contributed by atoms with Crippen molar-refractivity contribution in [3.8, 4) is 11.3 Å². The molecule has 6 nitrogen and oxygen atoms in total. The molecule has 1 aliphatic carbocycles. The van der Waals surface area contributed by atoms with E-state index in [4.69, 9.17) is 5.73 Å². The molecule has 2 aromatic heterocycles. The minimum Gasteiger partial charge on any atom is -0.367 e. The maximum absolute atomic E-state index is 6.01. The van der Waals surface area contributed by atoms with Gasteiger partial charge in [-0.05, 0) is 43.7 Å². The Labute approximate surface area is 160 Å². The molecule has 0 atom stereocenters. The van der Waals surface area contributed by atoms with Gasteiger partial charge in [0.1, 0.15) is 12.1 Å². The van der Waals surface area contributed by atoms with E-state index in [2.05, 4.69) is 52.4 Å². The zero-order chi connectivity index (χ0) is 19.0. The van der Waals surface area contributed by atoms with Crippen LogP contribution in [0.3, 0.4) is 0 Å². The highest BCUT2D eigenvalue weighted by molar-refractivity contribution is 5.86. The van der Waals surface area contributed by atoms with Crippen molar-refractivity contribution in [3.05, 3.63) is 36.3 Å². The second-order valence-corrected chi connectivity index (χ2v) is 7.94. The summed E-state index contributed by atoms with van der Waals surface area (Å²) < 4.78 is 1.99. The first-order chi connectivity index (χ1) is 13.0. The average Bonchev–Trinajstić information content (AvgIpc) is 2.99. The van der Waals surface area contributed by atoms with Crippen LogP contribution in [0.1, 0.15) is 51.1 Å². The Morgan fingerprint density at radius 1 is 1.11 bits per heavy atom. The Hall–Kier alpha value is -2.47. The fourth-order valence-electron chi connectivity index (χ4n) is 4.13. The van der Waals surface area contributed by atoms with Crippen molar-refractivity contribution in [2.45, 2.75) is 57.5 Å².